The highest BCUT2D eigenvalue weighted by atomic mass is 32.2. The topological polar surface area (TPSA) is 90.7 Å². The maximum atomic E-state index is 14.3. The highest BCUT2D eigenvalue weighted by molar-refractivity contribution is 7.99. The van der Waals surface area contributed by atoms with Crippen LogP contribution in [0.15, 0.2) is 114 Å². The van der Waals surface area contributed by atoms with Crippen molar-refractivity contribution in [2.45, 2.75) is 63.8 Å². The number of thioether (sulfide) groups is 1. The molecule has 0 aliphatic heterocycles. The number of rotatable bonds is 14. The van der Waals surface area contributed by atoms with E-state index in [2.05, 4.69) is 24.3 Å². The first-order valence-corrected chi connectivity index (χ1v) is 17.6. The summed E-state index contributed by atoms with van der Waals surface area (Å²) >= 11 is 1.55. The molecule has 0 N–H and O–H groups in total. The van der Waals surface area contributed by atoms with Crippen LogP contribution in [0.1, 0.15) is 67.9 Å². The van der Waals surface area contributed by atoms with E-state index in [1.807, 2.05) is 86.0 Å². The van der Waals surface area contributed by atoms with Crippen molar-refractivity contribution in [3.8, 4) is 0 Å². The van der Waals surface area contributed by atoms with Gasteiger partial charge in [-0.25, -0.2) is 9.78 Å². The number of aromatic nitrogens is 2. The molecule has 0 aliphatic rings. The number of amides is 1. The minimum atomic E-state index is -0.592. The predicted molar refractivity (Wildman–Crippen MR) is 195 cm³/mol. The average Bonchev–Trinajstić information content (AvgIpc) is 3.43. The van der Waals surface area contributed by atoms with Crippen LogP contribution in [0.25, 0.3) is 11.0 Å². The summed E-state index contributed by atoms with van der Waals surface area (Å²) in [4.78, 5) is 46.0. The number of carbonyl (C=O) groups is 3. The fourth-order valence-corrected chi connectivity index (χ4v) is 6.62. The zero-order chi connectivity index (χ0) is 34.8. The van der Waals surface area contributed by atoms with Gasteiger partial charge in [0, 0.05) is 30.3 Å². The first kappa shape index (κ1) is 35.4. The molecule has 8 nitrogen and oxygen atoms in total. The smallest absolute Gasteiger partial charge is 0.338 e. The van der Waals surface area contributed by atoms with Gasteiger partial charge in [0.15, 0.2) is 5.16 Å². The molecular formula is C40H43N3O5S. The second kappa shape index (κ2) is 16.5. The Morgan fingerprint density at radius 2 is 1.45 bits per heavy atom. The summed E-state index contributed by atoms with van der Waals surface area (Å²) < 4.78 is 12.7. The second-order valence-corrected chi connectivity index (χ2v) is 13.7. The summed E-state index contributed by atoms with van der Waals surface area (Å²) in [6.07, 6.45) is 0.930. The summed E-state index contributed by atoms with van der Waals surface area (Å²) in [5.41, 5.74) is 4.36. The molecule has 9 heteroatoms. The van der Waals surface area contributed by atoms with Gasteiger partial charge >= 0.3 is 11.9 Å². The fraction of sp³-hybridized carbons (Fsp3) is 0.300. The van der Waals surface area contributed by atoms with Gasteiger partial charge in [-0.2, -0.15) is 0 Å². The number of para-hydroxylation sites is 2. The molecule has 0 unspecified atom stereocenters. The molecule has 0 radical (unpaired) electrons. The number of ether oxygens (including phenoxy) is 2. The summed E-state index contributed by atoms with van der Waals surface area (Å²) in [7, 11) is 0. The lowest BCUT2D eigenvalue weighted by Crippen LogP contribution is -2.33. The summed E-state index contributed by atoms with van der Waals surface area (Å²) in [6.45, 7) is 8.12. The Bertz CT molecular complexity index is 1810. The molecule has 0 spiro atoms. The molecule has 5 rings (SSSR count). The molecule has 0 atom stereocenters. The van der Waals surface area contributed by atoms with Crippen LogP contribution < -0.4 is 4.90 Å². The molecule has 0 saturated heterocycles. The van der Waals surface area contributed by atoms with E-state index in [-0.39, 0.29) is 37.4 Å². The number of carbonyl (C=O) groups excluding carboxylic acids is 3. The minimum Gasteiger partial charge on any atom is -0.462 e. The van der Waals surface area contributed by atoms with E-state index in [0.717, 1.165) is 27.3 Å². The zero-order valence-electron chi connectivity index (χ0n) is 28.5. The number of fused-ring (bicyclic) bond motifs is 1. The molecule has 1 heterocycles. The largest absolute Gasteiger partial charge is 0.462 e. The van der Waals surface area contributed by atoms with Crippen molar-refractivity contribution in [3.05, 3.63) is 126 Å². The highest BCUT2D eigenvalue weighted by Gasteiger charge is 2.24. The SMILES string of the molecule is CCOC(=O)c1ccc(N(CCCSc2nc3ccccc3n2CC(=O)OC(C)(C)C)C(=O)CC(c2ccccc2)c2ccccc2)cc1. The highest BCUT2D eigenvalue weighted by Crippen LogP contribution is 2.31. The van der Waals surface area contributed by atoms with Gasteiger partial charge in [-0.15, -0.1) is 0 Å². The quantitative estimate of drug-likeness (QED) is 0.0664. The number of benzene rings is 4. The predicted octanol–water partition coefficient (Wildman–Crippen LogP) is 8.29. The van der Waals surface area contributed by atoms with E-state index in [1.54, 1.807) is 47.9 Å². The molecule has 49 heavy (non-hydrogen) atoms. The van der Waals surface area contributed by atoms with Crippen molar-refractivity contribution < 1.29 is 23.9 Å². The Balaban J connectivity index is 1.36. The molecule has 0 bridgehead atoms. The molecule has 254 valence electrons. The van der Waals surface area contributed by atoms with Crippen molar-refractivity contribution >= 4 is 46.3 Å². The Morgan fingerprint density at radius 1 is 0.837 bits per heavy atom. The number of nitrogens with zero attached hydrogens (tertiary/aromatic N) is 3. The Labute approximate surface area is 292 Å². The van der Waals surface area contributed by atoms with E-state index < -0.39 is 11.6 Å². The first-order chi connectivity index (χ1) is 23.6. The third kappa shape index (κ3) is 9.60. The van der Waals surface area contributed by atoms with Gasteiger partial charge in [0.25, 0.3) is 0 Å². The van der Waals surface area contributed by atoms with Gasteiger partial charge in [-0.05, 0) is 81.6 Å². The van der Waals surface area contributed by atoms with E-state index in [9.17, 15) is 14.4 Å². The van der Waals surface area contributed by atoms with Crippen molar-refractivity contribution in [3.63, 3.8) is 0 Å². The average molecular weight is 678 g/mol. The van der Waals surface area contributed by atoms with Gasteiger partial charge < -0.3 is 18.9 Å². The van der Waals surface area contributed by atoms with Crippen molar-refractivity contribution in [1.29, 1.82) is 0 Å². The monoisotopic (exact) mass is 677 g/mol. The van der Waals surface area contributed by atoms with Crippen LogP contribution >= 0.6 is 11.8 Å². The number of anilines is 1. The van der Waals surface area contributed by atoms with Gasteiger partial charge in [0.2, 0.25) is 5.91 Å². The standard InChI is InChI=1S/C40H43N3O5S/c1-5-47-38(46)31-21-23-32(24-22-31)42(36(44)27-33(29-15-8-6-9-16-29)30-17-10-7-11-18-30)25-14-26-49-39-41-34-19-12-13-20-35(34)43(39)28-37(45)48-40(2,3)4/h6-13,15-24,33H,5,14,25-28H2,1-4H3. The summed E-state index contributed by atoms with van der Waals surface area (Å²) in [5.74, 6) is -0.219. The van der Waals surface area contributed by atoms with Crippen LogP contribution in [0, 0.1) is 0 Å². The number of hydrogen-bond acceptors (Lipinski definition) is 7. The molecule has 0 aliphatic carbocycles. The third-order valence-corrected chi connectivity index (χ3v) is 8.92. The van der Waals surface area contributed by atoms with Gasteiger partial charge in [-0.3, -0.25) is 9.59 Å². The summed E-state index contributed by atoms with van der Waals surface area (Å²) in [6, 6.07) is 34.9. The number of esters is 2. The lowest BCUT2D eigenvalue weighted by Gasteiger charge is -2.26. The minimum absolute atomic E-state index is 0.0243. The Kier molecular flexibility index (Phi) is 11.9. The molecule has 1 aromatic heterocycles. The van der Waals surface area contributed by atoms with Crippen LogP contribution in [0.5, 0.6) is 0 Å². The maximum Gasteiger partial charge on any atom is 0.338 e. The molecule has 4 aromatic carbocycles. The molecular weight excluding hydrogens is 635 g/mol. The normalized spacial score (nSPS) is 11.4. The lowest BCUT2D eigenvalue weighted by molar-refractivity contribution is -0.155. The molecule has 0 saturated carbocycles. The van der Waals surface area contributed by atoms with E-state index in [1.165, 1.54) is 0 Å². The van der Waals surface area contributed by atoms with Crippen molar-refractivity contribution in [2.75, 3.05) is 23.8 Å². The van der Waals surface area contributed by atoms with Crippen LogP contribution in [0.4, 0.5) is 5.69 Å². The zero-order valence-corrected chi connectivity index (χ0v) is 29.3. The van der Waals surface area contributed by atoms with E-state index in [0.29, 0.717) is 30.0 Å². The van der Waals surface area contributed by atoms with E-state index >= 15 is 0 Å². The van der Waals surface area contributed by atoms with Crippen molar-refractivity contribution in [1.82, 2.24) is 9.55 Å². The molecule has 0 fully saturated rings. The van der Waals surface area contributed by atoms with Gasteiger partial charge in [0.1, 0.15) is 12.1 Å². The van der Waals surface area contributed by atoms with E-state index in [4.69, 9.17) is 14.5 Å². The first-order valence-electron chi connectivity index (χ1n) is 16.6. The lowest BCUT2D eigenvalue weighted by atomic mass is 9.88. The molecule has 1 amide bonds. The van der Waals surface area contributed by atoms with Crippen molar-refractivity contribution in [2.24, 2.45) is 0 Å². The maximum absolute atomic E-state index is 14.3. The third-order valence-electron chi connectivity index (χ3n) is 7.86. The number of imidazole rings is 1. The van der Waals surface area contributed by atoms with Crippen LogP contribution in [0.3, 0.4) is 0 Å². The Morgan fingerprint density at radius 3 is 2.06 bits per heavy atom. The second-order valence-electron chi connectivity index (χ2n) is 12.6. The van der Waals surface area contributed by atoms with Crippen LogP contribution in [-0.2, 0) is 25.6 Å². The van der Waals surface area contributed by atoms with Gasteiger partial charge in [-0.1, -0.05) is 84.6 Å². The van der Waals surface area contributed by atoms with Gasteiger partial charge in [0.05, 0.1) is 23.2 Å². The molecule has 5 aromatic rings. The van der Waals surface area contributed by atoms with Crippen LogP contribution in [0.2, 0.25) is 0 Å². The summed E-state index contributed by atoms with van der Waals surface area (Å²) in [5, 5.41) is 0.719. The fourth-order valence-electron chi connectivity index (χ4n) is 5.68. The Hall–Kier alpha value is -4.89. The number of hydrogen-bond donors (Lipinski definition) is 0. The van der Waals surface area contributed by atoms with Crippen LogP contribution in [-0.4, -0.2) is 51.9 Å².